The van der Waals surface area contributed by atoms with E-state index in [4.69, 9.17) is 13.8 Å². The molecule has 2 aromatic carbocycles. The SMILES string of the molecule is C[C@H](NP(=O)(Oc1ccccc1)Oc1ccc([N+](=O)[O-])cc1)C(=O)OCC12CCN(CC1)CC2. The third-order valence-electron chi connectivity index (χ3n) is 6.34. The summed E-state index contributed by atoms with van der Waals surface area (Å²) < 4.78 is 30.4. The van der Waals surface area contributed by atoms with Gasteiger partial charge in [0, 0.05) is 17.5 Å². The first-order valence-electron chi connectivity index (χ1n) is 11.2. The first kappa shape index (κ1) is 24.2. The third-order valence-corrected chi connectivity index (χ3v) is 7.95. The van der Waals surface area contributed by atoms with Gasteiger partial charge >= 0.3 is 13.7 Å². The summed E-state index contributed by atoms with van der Waals surface area (Å²) in [6.45, 7) is 4.93. The lowest BCUT2D eigenvalue weighted by molar-refractivity contribution is -0.384. The number of nitrogens with one attached hydrogen (secondary N) is 1. The average Bonchev–Trinajstić information content (AvgIpc) is 2.84. The molecule has 3 heterocycles. The summed E-state index contributed by atoms with van der Waals surface area (Å²) in [4.78, 5) is 25.5. The third kappa shape index (κ3) is 5.94. The van der Waals surface area contributed by atoms with Gasteiger partial charge in [0.05, 0.1) is 11.5 Å². The zero-order valence-electron chi connectivity index (χ0n) is 18.9. The van der Waals surface area contributed by atoms with Gasteiger partial charge < -0.3 is 18.7 Å². The number of nitro benzene ring substituents is 1. The molecule has 3 fully saturated rings. The fourth-order valence-corrected chi connectivity index (χ4v) is 5.73. The zero-order chi connectivity index (χ0) is 24.2. The van der Waals surface area contributed by atoms with E-state index < -0.39 is 24.7 Å². The largest absolute Gasteiger partial charge is 0.513 e. The van der Waals surface area contributed by atoms with Gasteiger partial charge in [-0.3, -0.25) is 14.9 Å². The summed E-state index contributed by atoms with van der Waals surface area (Å²) in [6.07, 6.45) is 3.00. The number of benzene rings is 2. The molecule has 34 heavy (non-hydrogen) atoms. The molecular formula is C23H28N3O7P. The van der Waals surface area contributed by atoms with Crippen LogP contribution in [-0.2, 0) is 14.1 Å². The molecule has 0 radical (unpaired) electrons. The van der Waals surface area contributed by atoms with E-state index in [0.29, 0.717) is 6.61 Å². The molecule has 1 N–H and O–H groups in total. The Morgan fingerprint density at radius 1 is 1.06 bits per heavy atom. The van der Waals surface area contributed by atoms with E-state index in [1.807, 2.05) is 0 Å². The van der Waals surface area contributed by atoms with Gasteiger partial charge in [0.1, 0.15) is 17.5 Å². The minimum atomic E-state index is -4.11. The van der Waals surface area contributed by atoms with Crippen LogP contribution in [0.1, 0.15) is 26.2 Å². The number of esters is 1. The van der Waals surface area contributed by atoms with E-state index in [1.165, 1.54) is 31.2 Å². The number of hydrogen-bond acceptors (Lipinski definition) is 8. The van der Waals surface area contributed by atoms with Gasteiger partial charge in [0.15, 0.2) is 0 Å². The van der Waals surface area contributed by atoms with Crippen molar-refractivity contribution in [2.24, 2.45) is 5.41 Å². The molecule has 1 unspecified atom stereocenters. The predicted molar refractivity (Wildman–Crippen MR) is 125 cm³/mol. The molecule has 3 saturated heterocycles. The second-order valence-electron chi connectivity index (χ2n) is 8.79. The maximum atomic E-state index is 13.6. The van der Waals surface area contributed by atoms with Crippen molar-refractivity contribution < 1.29 is 28.1 Å². The Balaban J connectivity index is 1.43. The van der Waals surface area contributed by atoms with Crippen LogP contribution in [-0.4, -0.2) is 48.1 Å². The lowest BCUT2D eigenvalue weighted by atomic mass is 9.73. The summed E-state index contributed by atoms with van der Waals surface area (Å²) >= 11 is 0. The van der Waals surface area contributed by atoms with Crippen LogP contribution in [0.4, 0.5) is 5.69 Å². The van der Waals surface area contributed by atoms with E-state index in [9.17, 15) is 19.5 Å². The Hall–Kier alpha value is -2.94. The van der Waals surface area contributed by atoms with Gasteiger partial charge in [0.25, 0.3) is 5.69 Å². The minimum Gasteiger partial charge on any atom is -0.464 e. The number of ether oxygens (including phenoxy) is 1. The Bertz CT molecular complexity index is 1040. The summed E-state index contributed by atoms with van der Waals surface area (Å²) in [5, 5.41) is 13.6. The minimum absolute atomic E-state index is 0.0175. The lowest BCUT2D eigenvalue weighted by Gasteiger charge is -2.47. The number of non-ortho nitro benzene ring substituents is 1. The average molecular weight is 489 g/mol. The molecule has 0 spiro atoms. The normalized spacial score (nSPS) is 24.0. The Morgan fingerprint density at radius 2 is 1.62 bits per heavy atom. The number of nitro groups is 1. The van der Waals surface area contributed by atoms with Crippen LogP contribution in [0, 0.1) is 15.5 Å². The number of fused-ring (bicyclic) bond motifs is 3. The number of carbonyl (C=O) groups excluding carboxylic acids is 1. The Morgan fingerprint density at radius 3 is 2.18 bits per heavy atom. The quantitative estimate of drug-likeness (QED) is 0.227. The number of para-hydroxylation sites is 1. The fraction of sp³-hybridized carbons (Fsp3) is 0.435. The van der Waals surface area contributed by atoms with Crippen LogP contribution in [0.3, 0.4) is 0 Å². The molecule has 2 aromatic rings. The standard InChI is InChI=1S/C23H28N3O7P/c1-18(22(27)31-17-23-11-14-25(15-12-23)16-13-23)24-34(30,32-20-5-3-2-4-6-20)33-21-9-7-19(8-10-21)26(28)29/h2-10,18H,11-17H2,1H3,(H,24,30)/t18-,34?/m0/s1. The first-order valence-corrected chi connectivity index (χ1v) is 12.8. The molecule has 0 saturated carbocycles. The Labute approximate surface area is 197 Å². The Kier molecular flexibility index (Phi) is 7.21. The van der Waals surface area contributed by atoms with E-state index in [2.05, 4.69) is 9.99 Å². The van der Waals surface area contributed by atoms with Gasteiger partial charge in [-0.05, 0) is 70.1 Å². The monoisotopic (exact) mass is 489 g/mol. The molecule has 5 rings (SSSR count). The van der Waals surface area contributed by atoms with Gasteiger partial charge in [-0.2, -0.15) is 5.09 Å². The van der Waals surface area contributed by atoms with Crippen molar-refractivity contribution in [2.45, 2.75) is 32.2 Å². The van der Waals surface area contributed by atoms with Crippen LogP contribution in [0.25, 0.3) is 0 Å². The first-order chi connectivity index (χ1) is 16.3. The molecule has 10 nitrogen and oxygen atoms in total. The lowest BCUT2D eigenvalue weighted by Crippen LogP contribution is -2.50. The molecule has 3 aliphatic heterocycles. The molecule has 11 heteroatoms. The number of rotatable bonds is 10. The maximum Gasteiger partial charge on any atom is 0.513 e. The van der Waals surface area contributed by atoms with Gasteiger partial charge in [0.2, 0.25) is 0 Å². The van der Waals surface area contributed by atoms with Crippen molar-refractivity contribution in [3.8, 4) is 11.5 Å². The summed E-state index contributed by atoms with van der Waals surface area (Å²) in [5.74, 6) is -0.189. The summed E-state index contributed by atoms with van der Waals surface area (Å²) in [5.41, 5.74) is -0.118. The van der Waals surface area contributed by atoms with Crippen LogP contribution in [0.15, 0.2) is 54.6 Å². The molecule has 0 aliphatic carbocycles. The topological polar surface area (TPSA) is 120 Å². The molecule has 2 atom stereocenters. The van der Waals surface area contributed by atoms with Crippen molar-refractivity contribution >= 4 is 19.4 Å². The fourth-order valence-electron chi connectivity index (χ4n) is 4.21. The highest BCUT2D eigenvalue weighted by atomic mass is 31.2. The van der Waals surface area contributed by atoms with Gasteiger partial charge in [-0.1, -0.05) is 18.2 Å². The number of carbonyl (C=O) groups is 1. The summed E-state index contributed by atoms with van der Waals surface area (Å²) in [6, 6.07) is 12.5. The van der Waals surface area contributed by atoms with Crippen molar-refractivity contribution in [2.75, 3.05) is 26.2 Å². The van der Waals surface area contributed by atoms with E-state index >= 15 is 0 Å². The summed E-state index contributed by atoms with van der Waals surface area (Å²) in [7, 11) is -4.11. The second-order valence-corrected chi connectivity index (χ2v) is 10.4. The number of hydrogen-bond donors (Lipinski definition) is 1. The van der Waals surface area contributed by atoms with E-state index in [1.54, 1.807) is 30.3 Å². The van der Waals surface area contributed by atoms with Gasteiger partial charge in [-0.25, -0.2) is 4.57 Å². The number of piperidine rings is 3. The highest BCUT2D eigenvalue weighted by Gasteiger charge is 2.41. The molecule has 3 aliphatic rings. The smallest absolute Gasteiger partial charge is 0.464 e. The highest BCUT2D eigenvalue weighted by Crippen LogP contribution is 2.46. The zero-order valence-corrected chi connectivity index (χ0v) is 19.8. The number of nitrogens with zero attached hydrogens (tertiary/aromatic N) is 2. The molecule has 2 bridgehead atoms. The maximum absolute atomic E-state index is 13.6. The van der Waals surface area contributed by atoms with Crippen LogP contribution in [0.5, 0.6) is 11.5 Å². The van der Waals surface area contributed by atoms with Crippen LogP contribution in [0.2, 0.25) is 0 Å². The predicted octanol–water partition coefficient (Wildman–Crippen LogP) is 4.17. The van der Waals surface area contributed by atoms with Crippen molar-refractivity contribution in [3.63, 3.8) is 0 Å². The van der Waals surface area contributed by atoms with Crippen molar-refractivity contribution in [1.82, 2.24) is 9.99 Å². The van der Waals surface area contributed by atoms with Crippen molar-refractivity contribution in [3.05, 3.63) is 64.7 Å². The second kappa shape index (κ2) is 10.1. The molecule has 0 aromatic heterocycles. The molecule has 0 amide bonds. The van der Waals surface area contributed by atoms with Crippen molar-refractivity contribution in [1.29, 1.82) is 0 Å². The van der Waals surface area contributed by atoms with E-state index in [-0.39, 0.29) is 22.6 Å². The highest BCUT2D eigenvalue weighted by molar-refractivity contribution is 7.52. The van der Waals surface area contributed by atoms with Crippen LogP contribution < -0.4 is 14.1 Å². The van der Waals surface area contributed by atoms with E-state index in [0.717, 1.165) is 38.9 Å². The molecular weight excluding hydrogens is 461 g/mol. The van der Waals surface area contributed by atoms with Gasteiger partial charge in [-0.15, -0.1) is 0 Å². The van der Waals surface area contributed by atoms with Crippen LogP contribution >= 0.6 is 7.75 Å². The molecule has 182 valence electrons.